The Morgan fingerprint density at radius 1 is 1.32 bits per heavy atom. The third-order valence-electron chi connectivity index (χ3n) is 3.64. The standard InChI is InChI=1S/C18H20N4O2S/c1-12-15(9-19)18(21-13(2)20-12)25-11-17(23)22(3)10-14-7-5-6-8-16(14)24-4/h5-8H,10-11H2,1-4H3. The van der Waals surface area contributed by atoms with Gasteiger partial charge in [-0.25, -0.2) is 9.97 Å². The van der Waals surface area contributed by atoms with Crippen molar-refractivity contribution in [2.45, 2.75) is 25.4 Å². The number of aryl methyl sites for hydroxylation is 2. The van der Waals surface area contributed by atoms with Crippen LogP contribution in [0.5, 0.6) is 5.75 Å². The maximum absolute atomic E-state index is 12.4. The Balaban J connectivity index is 2.04. The van der Waals surface area contributed by atoms with Crippen LogP contribution < -0.4 is 4.74 Å². The van der Waals surface area contributed by atoms with Gasteiger partial charge in [-0.2, -0.15) is 5.26 Å². The minimum absolute atomic E-state index is 0.0475. The van der Waals surface area contributed by atoms with Crippen LogP contribution in [0.1, 0.15) is 22.6 Å². The van der Waals surface area contributed by atoms with Crippen molar-refractivity contribution in [1.29, 1.82) is 5.26 Å². The maximum Gasteiger partial charge on any atom is 0.233 e. The molecule has 0 aliphatic carbocycles. The quantitative estimate of drug-likeness (QED) is 0.585. The Morgan fingerprint density at radius 2 is 2.04 bits per heavy atom. The van der Waals surface area contributed by atoms with Crippen molar-refractivity contribution in [2.24, 2.45) is 0 Å². The van der Waals surface area contributed by atoms with E-state index in [9.17, 15) is 10.1 Å². The lowest BCUT2D eigenvalue weighted by atomic mass is 10.2. The molecule has 0 atom stereocenters. The number of ether oxygens (including phenoxy) is 1. The smallest absolute Gasteiger partial charge is 0.233 e. The van der Waals surface area contributed by atoms with E-state index in [-0.39, 0.29) is 11.7 Å². The second-order valence-electron chi connectivity index (χ2n) is 5.50. The topological polar surface area (TPSA) is 79.1 Å². The fourth-order valence-electron chi connectivity index (χ4n) is 2.33. The second kappa shape index (κ2) is 8.49. The van der Waals surface area contributed by atoms with Crippen LogP contribution in [0.25, 0.3) is 0 Å². The van der Waals surface area contributed by atoms with Gasteiger partial charge < -0.3 is 9.64 Å². The van der Waals surface area contributed by atoms with Gasteiger partial charge in [-0.3, -0.25) is 4.79 Å². The summed E-state index contributed by atoms with van der Waals surface area (Å²) in [5, 5.41) is 9.81. The van der Waals surface area contributed by atoms with Crippen LogP contribution in [0.4, 0.5) is 0 Å². The van der Waals surface area contributed by atoms with Crippen molar-refractivity contribution < 1.29 is 9.53 Å². The largest absolute Gasteiger partial charge is 0.496 e. The summed E-state index contributed by atoms with van der Waals surface area (Å²) in [5.74, 6) is 1.50. The van der Waals surface area contributed by atoms with Crippen LogP contribution in [-0.2, 0) is 11.3 Å². The van der Waals surface area contributed by atoms with E-state index in [1.807, 2.05) is 24.3 Å². The van der Waals surface area contributed by atoms with E-state index < -0.39 is 0 Å². The number of aromatic nitrogens is 2. The third-order valence-corrected chi connectivity index (χ3v) is 4.60. The minimum Gasteiger partial charge on any atom is -0.496 e. The minimum atomic E-state index is -0.0475. The highest BCUT2D eigenvalue weighted by atomic mass is 32.2. The van der Waals surface area contributed by atoms with Gasteiger partial charge in [-0.05, 0) is 19.9 Å². The molecule has 0 saturated carbocycles. The summed E-state index contributed by atoms with van der Waals surface area (Å²) in [6.45, 7) is 4.00. The molecule has 1 amide bonds. The normalized spacial score (nSPS) is 10.2. The first-order valence-electron chi connectivity index (χ1n) is 7.70. The number of amides is 1. The summed E-state index contributed by atoms with van der Waals surface area (Å²) >= 11 is 1.26. The number of carbonyl (C=O) groups excluding carboxylic acids is 1. The van der Waals surface area contributed by atoms with Gasteiger partial charge in [0.1, 0.15) is 28.2 Å². The number of thioether (sulfide) groups is 1. The zero-order chi connectivity index (χ0) is 18.4. The monoisotopic (exact) mass is 356 g/mol. The third kappa shape index (κ3) is 4.70. The van der Waals surface area contributed by atoms with Gasteiger partial charge in [0.25, 0.3) is 0 Å². The summed E-state index contributed by atoms with van der Waals surface area (Å²) < 4.78 is 5.32. The zero-order valence-electron chi connectivity index (χ0n) is 14.7. The number of carbonyl (C=O) groups is 1. The molecule has 0 fully saturated rings. The molecule has 0 aliphatic rings. The molecule has 2 aromatic rings. The number of nitriles is 1. The van der Waals surface area contributed by atoms with Crippen molar-refractivity contribution >= 4 is 17.7 Å². The molecule has 0 N–H and O–H groups in total. The van der Waals surface area contributed by atoms with E-state index >= 15 is 0 Å². The van der Waals surface area contributed by atoms with E-state index in [0.717, 1.165) is 11.3 Å². The molecule has 0 saturated heterocycles. The molecule has 25 heavy (non-hydrogen) atoms. The van der Waals surface area contributed by atoms with Gasteiger partial charge in [0.2, 0.25) is 5.91 Å². The predicted molar refractivity (Wildman–Crippen MR) is 96.4 cm³/mol. The molecule has 0 bridgehead atoms. The lowest BCUT2D eigenvalue weighted by Gasteiger charge is -2.18. The molecule has 130 valence electrons. The fraction of sp³-hybridized carbons (Fsp3) is 0.333. The molecule has 0 radical (unpaired) electrons. The van der Waals surface area contributed by atoms with Crippen LogP contribution in [0.3, 0.4) is 0 Å². The first-order chi connectivity index (χ1) is 12.0. The molecule has 0 spiro atoms. The number of benzene rings is 1. The molecule has 1 aromatic carbocycles. The molecule has 0 unspecified atom stereocenters. The highest BCUT2D eigenvalue weighted by molar-refractivity contribution is 8.00. The zero-order valence-corrected chi connectivity index (χ0v) is 15.6. The molecular weight excluding hydrogens is 336 g/mol. The molecule has 2 rings (SSSR count). The van der Waals surface area contributed by atoms with Crippen LogP contribution in [-0.4, -0.2) is 40.7 Å². The van der Waals surface area contributed by atoms with Crippen molar-refractivity contribution in [3.8, 4) is 11.8 Å². The number of methoxy groups -OCH3 is 1. The van der Waals surface area contributed by atoms with Crippen LogP contribution in [0, 0.1) is 25.2 Å². The predicted octanol–water partition coefficient (Wildman–Crippen LogP) is 2.72. The fourth-order valence-corrected chi connectivity index (χ4v) is 3.35. The lowest BCUT2D eigenvalue weighted by Crippen LogP contribution is -2.28. The van der Waals surface area contributed by atoms with Crippen LogP contribution >= 0.6 is 11.8 Å². The van der Waals surface area contributed by atoms with Crippen molar-refractivity contribution in [3.63, 3.8) is 0 Å². The number of para-hydroxylation sites is 1. The van der Waals surface area contributed by atoms with E-state index in [1.54, 1.807) is 32.9 Å². The van der Waals surface area contributed by atoms with Gasteiger partial charge in [0.05, 0.1) is 18.6 Å². The highest BCUT2D eigenvalue weighted by Crippen LogP contribution is 2.23. The Hall–Kier alpha value is -2.59. The van der Waals surface area contributed by atoms with Gasteiger partial charge in [0.15, 0.2) is 0 Å². The summed E-state index contributed by atoms with van der Waals surface area (Å²) in [5.41, 5.74) is 2.00. The number of hydrogen-bond donors (Lipinski definition) is 0. The maximum atomic E-state index is 12.4. The Morgan fingerprint density at radius 3 is 2.72 bits per heavy atom. The molecule has 1 heterocycles. The Labute approximate surface area is 151 Å². The molecule has 7 heteroatoms. The SMILES string of the molecule is COc1ccccc1CN(C)C(=O)CSc1nc(C)nc(C)c1C#N. The number of hydrogen-bond acceptors (Lipinski definition) is 6. The van der Waals surface area contributed by atoms with Gasteiger partial charge >= 0.3 is 0 Å². The molecule has 0 aliphatic heterocycles. The second-order valence-corrected chi connectivity index (χ2v) is 6.46. The van der Waals surface area contributed by atoms with Crippen molar-refractivity contribution in [3.05, 3.63) is 46.9 Å². The first kappa shape index (κ1) is 18.7. The van der Waals surface area contributed by atoms with Crippen LogP contribution in [0.2, 0.25) is 0 Å². The summed E-state index contributed by atoms with van der Waals surface area (Å²) in [6.07, 6.45) is 0. The first-order valence-corrected chi connectivity index (χ1v) is 8.68. The summed E-state index contributed by atoms with van der Waals surface area (Å²) in [4.78, 5) is 22.5. The van der Waals surface area contributed by atoms with E-state index in [1.165, 1.54) is 11.8 Å². The van der Waals surface area contributed by atoms with Crippen molar-refractivity contribution in [2.75, 3.05) is 19.9 Å². The average Bonchev–Trinajstić information content (AvgIpc) is 2.59. The average molecular weight is 356 g/mol. The number of nitrogens with zero attached hydrogens (tertiary/aromatic N) is 4. The van der Waals surface area contributed by atoms with Crippen LogP contribution in [0.15, 0.2) is 29.3 Å². The number of rotatable bonds is 6. The molecule has 1 aromatic heterocycles. The van der Waals surface area contributed by atoms with Crippen molar-refractivity contribution in [1.82, 2.24) is 14.9 Å². The lowest BCUT2D eigenvalue weighted by molar-refractivity contribution is -0.127. The van der Waals surface area contributed by atoms with E-state index in [4.69, 9.17) is 4.74 Å². The summed E-state index contributed by atoms with van der Waals surface area (Å²) in [7, 11) is 3.36. The van der Waals surface area contributed by atoms with Gasteiger partial charge in [0, 0.05) is 19.2 Å². The van der Waals surface area contributed by atoms with E-state index in [2.05, 4.69) is 16.0 Å². The Bertz CT molecular complexity index is 817. The van der Waals surface area contributed by atoms with Gasteiger partial charge in [-0.15, -0.1) is 0 Å². The molecular formula is C18H20N4O2S. The van der Waals surface area contributed by atoms with Gasteiger partial charge in [-0.1, -0.05) is 30.0 Å². The highest BCUT2D eigenvalue weighted by Gasteiger charge is 2.16. The molecule has 6 nitrogen and oxygen atoms in total. The summed E-state index contributed by atoms with van der Waals surface area (Å²) in [6, 6.07) is 9.72. The van der Waals surface area contributed by atoms with E-state index in [0.29, 0.717) is 28.7 Å². The Kier molecular flexibility index (Phi) is 6.37.